The zero-order valence-electron chi connectivity index (χ0n) is 12.6. The summed E-state index contributed by atoms with van der Waals surface area (Å²) in [6.07, 6.45) is 1.89. The molecular formula is C15H23FN2O2S. The lowest BCUT2D eigenvalue weighted by molar-refractivity contribution is 0.452. The number of nitrogens with zero attached hydrogens (tertiary/aromatic N) is 1. The topological polar surface area (TPSA) is 49.4 Å². The predicted molar refractivity (Wildman–Crippen MR) is 80.9 cm³/mol. The molecule has 1 saturated heterocycles. The molecule has 2 rings (SSSR count). The van der Waals surface area contributed by atoms with Crippen molar-refractivity contribution < 1.29 is 12.8 Å². The lowest BCUT2D eigenvalue weighted by Crippen LogP contribution is -2.29. The van der Waals surface area contributed by atoms with Crippen molar-refractivity contribution in [1.82, 2.24) is 9.62 Å². The van der Waals surface area contributed by atoms with Crippen LogP contribution in [0.5, 0.6) is 0 Å². The molecule has 0 radical (unpaired) electrons. The summed E-state index contributed by atoms with van der Waals surface area (Å²) in [5.74, 6) is 0.0595. The molecule has 0 saturated carbocycles. The monoisotopic (exact) mass is 314 g/mol. The molecule has 1 N–H and O–H groups in total. The fraction of sp³-hybridized carbons (Fsp3) is 0.600. The number of hydrogen-bond acceptors (Lipinski definition) is 3. The molecule has 1 aromatic carbocycles. The SMILES string of the molecule is CCNCc1cc(S(=O)(=O)N2CCC(CC)C2)ccc1F. The summed E-state index contributed by atoms with van der Waals surface area (Å²) in [6, 6.07) is 4.05. The molecule has 1 fully saturated rings. The van der Waals surface area contributed by atoms with E-state index in [-0.39, 0.29) is 10.7 Å². The van der Waals surface area contributed by atoms with E-state index in [2.05, 4.69) is 12.2 Å². The first-order valence-electron chi connectivity index (χ1n) is 7.48. The molecule has 0 amide bonds. The molecular weight excluding hydrogens is 291 g/mol. The number of halogens is 1. The first-order valence-corrected chi connectivity index (χ1v) is 8.92. The normalized spacial score (nSPS) is 20.0. The van der Waals surface area contributed by atoms with Crippen LogP contribution in [0.15, 0.2) is 23.1 Å². The Labute approximate surface area is 126 Å². The smallest absolute Gasteiger partial charge is 0.243 e. The number of hydrogen-bond donors (Lipinski definition) is 1. The van der Waals surface area contributed by atoms with Gasteiger partial charge in [0, 0.05) is 25.2 Å². The average molecular weight is 314 g/mol. The zero-order chi connectivity index (χ0) is 15.5. The van der Waals surface area contributed by atoms with Crippen LogP contribution in [0.3, 0.4) is 0 Å². The van der Waals surface area contributed by atoms with Gasteiger partial charge in [-0.05, 0) is 37.1 Å². The van der Waals surface area contributed by atoms with Crippen LogP contribution >= 0.6 is 0 Å². The summed E-state index contributed by atoms with van der Waals surface area (Å²) in [4.78, 5) is 0.188. The Kier molecular flexibility index (Phi) is 5.35. The van der Waals surface area contributed by atoms with Gasteiger partial charge < -0.3 is 5.32 Å². The van der Waals surface area contributed by atoms with Gasteiger partial charge >= 0.3 is 0 Å². The van der Waals surface area contributed by atoms with E-state index in [1.165, 1.54) is 22.5 Å². The molecule has 21 heavy (non-hydrogen) atoms. The van der Waals surface area contributed by atoms with Crippen LogP contribution in [-0.2, 0) is 16.6 Å². The van der Waals surface area contributed by atoms with Gasteiger partial charge in [-0.1, -0.05) is 20.3 Å². The van der Waals surface area contributed by atoms with Crippen LogP contribution < -0.4 is 5.32 Å². The fourth-order valence-electron chi connectivity index (χ4n) is 2.60. The van der Waals surface area contributed by atoms with Crippen LogP contribution in [0.25, 0.3) is 0 Å². The molecule has 1 atom stereocenters. The Bertz CT molecular complexity index is 589. The second-order valence-electron chi connectivity index (χ2n) is 5.46. The summed E-state index contributed by atoms with van der Waals surface area (Å²) in [5, 5.41) is 3.02. The number of sulfonamides is 1. The van der Waals surface area contributed by atoms with Gasteiger partial charge in [0.25, 0.3) is 0 Å². The van der Waals surface area contributed by atoms with Crippen molar-refractivity contribution in [2.45, 2.75) is 38.1 Å². The predicted octanol–water partition coefficient (Wildman–Crippen LogP) is 2.36. The summed E-state index contributed by atoms with van der Waals surface area (Å²) < 4.78 is 40.5. The Hall–Kier alpha value is -0.980. The van der Waals surface area contributed by atoms with Crippen molar-refractivity contribution in [3.8, 4) is 0 Å². The largest absolute Gasteiger partial charge is 0.313 e. The minimum Gasteiger partial charge on any atom is -0.313 e. The summed E-state index contributed by atoms with van der Waals surface area (Å²) >= 11 is 0. The Morgan fingerprint density at radius 2 is 2.14 bits per heavy atom. The summed E-state index contributed by atoms with van der Waals surface area (Å²) in [7, 11) is -3.51. The van der Waals surface area contributed by atoms with Crippen molar-refractivity contribution in [1.29, 1.82) is 0 Å². The third-order valence-electron chi connectivity index (χ3n) is 4.05. The van der Waals surface area contributed by atoms with E-state index in [0.717, 1.165) is 12.8 Å². The van der Waals surface area contributed by atoms with Crippen LogP contribution in [0.4, 0.5) is 4.39 Å². The van der Waals surface area contributed by atoms with Gasteiger partial charge in [0.15, 0.2) is 0 Å². The summed E-state index contributed by atoms with van der Waals surface area (Å²) in [6.45, 7) is 6.17. The molecule has 6 heteroatoms. The van der Waals surface area contributed by atoms with Crippen molar-refractivity contribution in [2.75, 3.05) is 19.6 Å². The van der Waals surface area contributed by atoms with Crippen LogP contribution in [0.1, 0.15) is 32.3 Å². The van der Waals surface area contributed by atoms with E-state index in [1.807, 2.05) is 6.92 Å². The average Bonchev–Trinajstić information content (AvgIpc) is 2.96. The third kappa shape index (κ3) is 3.62. The second-order valence-corrected chi connectivity index (χ2v) is 7.40. The molecule has 0 spiro atoms. The highest BCUT2D eigenvalue weighted by atomic mass is 32.2. The zero-order valence-corrected chi connectivity index (χ0v) is 13.4. The van der Waals surface area contributed by atoms with Gasteiger partial charge in [0.1, 0.15) is 5.82 Å². The molecule has 0 aromatic heterocycles. The number of benzene rings is 1. The lowest BCUT2D eigenvalue weighted by atomic mass is 10.1. The first kappa shape index (κ1) is 16.4. The highest BCUT2D eigenvalue weighted by molar-refractivity contribution is 7.89. The van der Waals surface area contributed by atoms with E-state index in [0.29, 0.717) is 37.7 Å². The van der Waals surface area contributed by atoms with Gasteiger partial charge in [-0.2, -0.15) is 4.31 Å². The molecule has 1 unspecified atom stereocenters. The lowest BCUT2D eigenvalue weighted by Gasteiger charge is -2.17. The number of rotatable bonds is 6. The second kappa shape index (κ2) is 6.85. The number of nitrogens with one attached hydrogen (secondary N) is 1. The third-order valence-corrected chi connectivity index (χ3v) is 5.91. The molecule has 1 aliphatic heterocycles. The Morgan fingerprint density at radius 3 is 2.76 bits per heavy atom. The maximum atomic E-state index is 13.7. The molecule has 4 nitrogen and oxygen atoms in total. The highest BCUT2D eigenvalue weighted by Gasteiger charge is 2.31. The van der Waals surface area contributed by atoms with E-state index in [9.17, 15) is 12.8 Å². The van der Waals surface area contributed by atoms with Crippen molar-refractivity contribution in [3.63, 3.8) is 0 Å². The van der Waals surface area contributed by atoms with Gasteiger partial charge in [0.05, 0.1) is 4.90 Å². The van der Waals surface area contributed by atoms with E-state index in [1.54, 1.807) is 0 Å². The van der Waals surface area contributed by atoms with Crippen molar-refractivity contribution in [3.05, 3.63) is 29.6 Å². The molecule has 1 aromatic rings. The quantitative estimate of drug-likeness (QED) is 0.877. The maximum Gasteiger partial charge on any atom is 0.243 e. The van der Waals surface area contributed by atoms with E-state index >= 15 is 0 Å². The first-order chi connectivity index (χ1) is 9.98. The van der Waals surface area contributed by atoms with E-state index in [4.69, 9.17) is 0 Å². The molecule has 1 heterocycles. The van der Waals surface area contributed by atoms with Crippen molar-refractivity contribution >= 4 is 10.0 Å². The fourth-order valence-corrected chi connectivity index (χ4v) is 4.19. The maximum absolute atomic E-state index is 13.7. The van der Waals surface area contributed by atoms with Crippen LogP contribution in [-0.4, -0.2) is 32.4 Å². The molecule has 0 bridgehead atoms. The standard InChI is InChI=1S/C15H23FN2O2S/c1-3-12-7-8-18(11-12)21(19,20)14-5-6-15(16)13(9-14)10-17-4-2/h5-6,9,12,17H,3-4,7-8,10-11H2,1-2H3. The minimum atomic E-state index is -3.51. The molecule has 118 valence electrons. The summed E-state index contributed by atoms with van der Waals surface area (Å²) in [5.41, 5.74) is 0.393. The van der Waals surface area contributed by atoms with Crippen LogP contribution in [0, 0.1) is 11.7 Å². The van der Waals surface area contributed by atoms with Gasteiger partial charge in [0.2, 0.25) is 10.0 Å². The minimum absolute atomic E-state index is 0.188. The molecule has 1 aliphatic rings. The van der Waals surface area contributed by atoms with Gasteiger partial charge in [-0.15, -0.1) is 0 Å². The van der Waals surface area contributed by atoms with Gasteiger partial charge in [-0.3, -0.25) is 0 Å². The van der Waals surface area contributed by atoms with Crippen LogP contribution in [0.2, 0.25) is 0 Å². The molecule has 0 aliphatic carbocycles. The van der Waals surface area contributed by atoms with Gasteiger partial charge in [-0.25, -0.2) is 12.8 Å². The highest BCUT2D eigenvalue weighted by Crippen LogP contribution is 2.26. The van der Waals surface area contributed by atoms with Crippen molar-refractivity contribution in [2.24, 2.45) is 5.92 Å². The van der Waals surface area contributed by atoms with E-state index < -0.39 is 10.0 Å². The Morgan fingerprint density at radius 1 is 1.38 bits per heavy atom. The Balaban J connectivity index is 2.24.